The fourth-order valence-electron chi connectivity index (χ4n) is 5.12. The van der Waals surface area contributed by atoms with Crippen molar-refractivity contribution >= 4 is 93.0 Å². The summed E-state index contributed by atoms with van der Waals surface area (Å²) in [4.78, 5) is 0. The van der Waals surface area contributed by atoms with Crippen LogP contribution in [0.5, 0.6) is 0 Å². The number of hydrogen-bond acceptors (Lipinski definition) is 4. The lowest BCUT2D eigenvalue weighted by atomic mass is 9.86. The third-order valence-electron chi connectivity index (χ3n) is 6.33. The van der Waals surface area contributed by atoms with Crippen LogP contribution in [0.3, 0.4) is 0 Å². The van der Waals surface area contributed by atoms with E-state index in [1.54, 1.807) is 45.3 Å². The second-order valence-corrected chi connectivity index (χ2v) is 12.0. The Morgan fingerprint density at radius 1 is 0.844 bits per heavy atom. The topological polar surface area (TPSA) is 7.94 Å². The number of allylic oxidation sites excluding steroid dienone is 1. The molecule has 2 aliphatic heterocycles. The SMILES string of the molecule is F[B-]1(F)n2c(cc3sc4ccsc4c32)C(c2ccccc2)=C2C=c3sc4ccsc4c3=[N+]21. The van der Waals surface area contributed by atoms with E-state index in [2.05, 4.69) is 0 Å². The Balaban J connectivity index is 1.63. The molecular formula is C23H11BF2N2S4. The van der Waals surface area contributed by atoms with E-state index < -0.39 is 6.97 Å². The van der Waals surface area contributed by atoms with Crippen LogP contribution in [-0.2, 0) is 0 Å². The summed E-state index contributed by atoms with van der Waals surface area (Å²) in [5, 5.41) is 4.64. The fraction of sp³-hybridized carbons (Fsp3) is 0. The molecule has 6 aromatic rings. The first-order valence-electron chi connectivity index (χ1n) is 10.1. The molecule has 0 spiro atoms. The van der Waals surface area contributed by atoms with Crippen LogP contribution in [0.2, 0.25) is 0 Å². The van der Waals surface area contributed by atoms with E-state index in [4.69, 9.17) is 0 Å². The van der Waals surface area contributed by atoms with Gasteiger partial charge in [0.2, 0.25) is 0 Å². The first-order chi connectivity index (χ1) is 15.6. The molecule has 2 aliphatic rings. The van der Waals surface area contributed by atoms with Crippen LogP contribution in [0.15, 0.2) is 65.0 Å². The minimum absolute atomic E-state index is 0.609. The number of hydrogen-bond donors (Lipinski definition) is 0. The number of thiophene rings is 4. The molecule has 0 radical (unpaired) electrons. The zero-order valence-electron chi connectivity index (χ0n) is 16.2. The maximum Gasteiger partial charge on any atom is 0.738 e. The van der Waals surface area contributed by atoms with Crippen molar-refractivity contribution in [2.45, 2.75) is 0 Å². The Bertz CT molecular complexity index is 1910. The summed E-state index contributed by atoms with van der Waals surface area (Å²) in [5.41, 5.74) is 3.72. The molecule has 9 heteroatoms. The van der Waals surface area contributed by atoms with Crippen molar-refractivity contribution in [1.82, 2.24) is 8.96 Å². The van der Waals surface area contributed by atoms with Crippen molar-refractivity contribution in [3.05, 3.63) is 86.1 Å². The molecule has 0 fully saturated rings. The first-order valence-corrected chi connectivity index (χ1v) is 13.5. The smallest absolute Gasteiger partial charge is 0.389 e. The van der Waals surface area contributed by atoms with Crippen LogP contribution in [0.25, 0.3) is 40.7 Å². The molecule has 32 heavy (non-hydrogen) atoms. The van der Waals surface area contributed by atoms with Gasteiger partial charge in [0.1, 0.15) is 9.23 Å². The molecule has 7 heterocycles. The average molecular weight is 492 g/mol. The Labute approximate surface area is 196 Å². The van der Waals surface area contributed by atoms with Gasteiger partial charge >= 0.3 is 6.97 Å². The van der Waals surface area contributed by atoms with Crippen molar-refractivity contribution in [3.63, 3.8) is 0 Å². The van der Waals surface area contributed by atoms with E-state index in [1.807, 2.05) is 65.4 Å². The fourth-order valence-corrected chi connectivity index (χ4v) is 9.71. The molecular weight excluding hydrogens is 481 g/mol. The molecule has 5 aromatic heterocycles. The van der Waals surface area contributed by atoms with Gasteiger partial charge in [-0.25, -0.2) is 0 Å². The lowest BCUT2D eigenvalue weighted by Gasteiger charge is -2.31. The minimum Gasteiger partial charge on any atom is -0.389 e. The van der Waals surface area contributed by atoms with Crippen LogP contribution in [0, 0.1) is 0 Å². The Morgan fingerprint density at radius 2 is 1.59 bits per heavy atom. The van der Waals surface area contributed by atoms with Gasteiger partial charge in [-0.05, 0) is 34.5 Å². The zero-order valence-corrected chi connectivity index (χ0v) is 19.5. The molecule has 2 nitrogen and oxygen atoms in total. The van der Waals surface area contributed by atoms with Crippen LogP contribution < -0.4 is 14.4 Å². The van der Waals surface area contributed by atoms with Gasteiger partial charge in [-0.3, -0.25) is 0 Å². The standard InChI is InChI=1S/C23H11BF2N2S4/c25-24(26)27-13(10-17-20(27)22-15(31-17)6-8-29-22)19(12-4-2-1-3-5-12)14-11-18-21(28(14)24)23-16(32-18)7-9-30-23/h1-11H. The van der Waals surface area contributed by atoms with Crippen LogP contribution in [-0.4, -0.2) is 11.4 Å². The highest BCUT2D eigenvalue weighted by atomic mass is 32.1. The van der Waals surface area contributed by atoms with E-state index in [9.17, 15) is 0 Å². The summed E-state index contributed by atoms with van der Waals surface area (Å²) in [6.07, 6.45) is 1.97. The summed E-state index contributed by atoms with van der Waals surface area (Å²) >= 11 is 6.28. The summed E-state index contributed by atoms with van der Waals surface area (Å²) in [7, 11) is 0. The lowest BCUT2D eigenvalue weighted by molar-refractivity contribution is 0.519. The molecule has 8 rings (SSSR count). The lowest BCUT2D eigenvalue weighted by Crippen LogP contribution is -2.56. The van der Waals surface area contributed by atoms with Gasteiger partial charge in [0.05, 0.1) is 19.7 Å². The Morgan fingerprint density at radius 3 is 2.41 bits per heavy atom. The number of halogens is 2. The van der Waals surface area contributed by atoms with Gasteiger partial charge in [0.25, 0.3) is 0 Å². The molecule has 154 valence electrons. The number of aromatic nitrogens is 1. The van der Waals surface area contributed by atoms with Crippen molar-refractivity contribution in [1.29, 1.82) is 0 Å². The predicted octanol–water partition coefficient (Wildman–Crippen LogP) is 6.17. The van der Waals surface area contributed by atoms with Gasteiger partial charge < -0.3 is 17.6 Å². The average Bonchev–Trinajstić information content (AvgIpc) is 3.55. The third-order valence-corrected chi connectivity index (χ3v) is 10.6. The van der Waals surface area contributed by atoms with Crippen molar-refractivity contribution < 1.29 is 8.63 Å². The molecule has 0 bridgehead atoms. The maximum atomic E-state index is 16.6. The molecule has 0 aliphatic carbocycles. The van der Waals surface area contributed by atoms with Crippen molar-refractivity contribution in [3.8, 4) is 0 Å². The summed E-state index contributed by atoms with van der Waals surface area (Å²) in [6.45, 7) is -4.07. The van der Waals surface area contributed by atoms with Crippen LogP contribution in [0.1, 0.15) is 11.3 Å². The van der Waals surface area contributed by atoms with Gasteiger partial charge in [-0.1, -0.05) is 30.3 Å². The normalized spacial score (nSPS) is 16.8. The Kier molecular flexibility index (Phi) is 3.27. The zero-order chi connectivity index (χ0) is 21.2. The van der Waals surface area contributed by atoms with Gasteiger partial charge in [-0.2, -0.15) is 0 Å². The number of fused-ring (bicyclic) bond motifs is 9. The van der Waals surface area contributed by atoms with E-state index in [0.29, 0.717) is 22.3 Å². The van der Waals surface area contributed by atoms with Gasteiger partial charge in [0.15, 0.2) is 11.1 Å². The first kappa shape index (κ1) is 17.9. The minimum atomic E-state index is -4.07. The van der Waals surface area contributed by atoms with Crippen molar-refractivity contribution in [2.75, 3.05) is 0 Å². The number of benzene rings is 1. The molecule has 0 amide bonds. The summed E-state index contributed by atoms with van der Waals surface area (Å²) < 4.78 is 41.8. The molecule has 1 aromatic carbocycles. The largest absolute Gasteiger partial charge is 0.738 e. The highest BCUT2D eigenvalue weighted by Crippen LogP contribution is 2.46. The van der Waals surface area contributed by atoms with Gasteiger partial charge in [-0.15, -0.1) is 45.3 Å². The second-order valence-electron chi connectivity index (χ2n) is 7.99. The van der Waals surface area contributed by atoms with Gasteiger partial charge in [0, 0.05) is 22.0 Å². The van der Waals surface area contributed by atoms with E-state index in [-0.39, 0.29) is 0 Å². The Hall–Kier alpha value is -2.59. The van der Waals surface area contributed by atoms with E-state index >= 15 is 8.63 Å². The third kappa shape index (κ3) is 2.02. The highest BCUT2D eigenvalue weighted by Gasteiger charge is 2.54. The highest BCUT2D eigenvalue weighted by molar-refractivity contribution is 7.32. The molecule has 0 saturated heterocycles. The number of rotatable bonds is 1. The molecule has 0 atom stereocenters. The molecule has 0 N–H and O–H groups in total. The monoisotopic (exact) mass is 492 g/mol. The van der Waals surface area contributed by atoms with Crippen LogP contribution in [0.4, 0.5) is 8.63 Å². The van der Waals surface area contributed by atoms with E-state index in [0.717, 1.165) is 39.2 Å². The number of nitrogens with zero attached hydrogens (tertiary/aromatic N) is 2. The molecule has 0 saturated carbocycles. The van der Waals surface area contributed by atoms with E-state index in [1.165, 1.54) is 8.96 Å². The summed E-state index contributed by atoms with van der Waals surface area (Å²) in [5.74, 6) is 0. The maximum absolute atomic E-state index is 16.6. The summed E-state index contributed by atoms with van der Waals surface area (Å²) in [6, 6.07) is 16.0. The van der Waals surface area contributed by atoms with Crippen LogP contribution >= 0.6 is 45.3 Å². The quantitative estimate of drug-likeness (QED) is 0.243. The molecule has 0 unspecified atom stereocenters. The predicted molar refractivity (Wildman–Crippen MR) is 136 cm³/mol. The van der Waals surface area contributed by atoms with Crippen molar-refractivity contribution in [2.24, 2.45) is 0 Å². The second kappa shape index (κ2) is 5.85.